The largest absolute Gasteiger partial charge is 0.400 e. The average Bonchev–Trinajstić information content (AvgIpc) is 2.34. The number of aliphatic hydroxyl groups is 1. The molecular weight excluding hydrogens is 208 g/mol. The second-order valence-corrected chi connectivity index (χ2v) is 5.24. The van der Waals surface area contributed by atoms with E-state index >= 15 is 0 Å². The average molecular weight is 238 g/mol. The van der Waals surface area contributed by atoms with Crippen molar-refractivity contribution in [3.63, 3.8) is 0 Å². The summed E-state index contributed by atoms with van der Waals surface area (Å²) in [7, 11) is 1.00. The quantitative estimate of drug-likeness (QED) is 0.755. The highest BCUT2D eigenvalue weighted by Gasteiger charge is 2.33. The van der Waals surface area contributed by atoms with E-state index in [9.17, 15) is 0 Å². The second kappa shape index (κ2) is 8.30. The van der Waals surface area contributed by atoms with Crippen LogP contribution in [-0.2, 0) is 5.41 Å². The summed E-state index contributed by atoms with van der Waals surface area (Å²) < 4.78 is 0. The Morgan fingerprint density at radius 3 is 1.41 bits per heavy atom. The van der Waals surface area contributed by atoms with Gasteiger partial charge in [-0.1, -0.05) is 78.8 Å². The molecule has 0 unspecified atom stereocenters. The number of benzene rings is 1. The molecule has 0 aliphatic heterocycles. The van der Waals surface area contributed by atoms with Crippen LogP contribution in [0.25, 0.3) is 0 Å². The Morgan fingerprint density at radius 1 is 0.765 bits per heavy atom. The van der Waals surface area contributed by atoms with Crippen LogP contribution in [-0.4, -0.2) is 12.2 Å². The Labute approximate surface area is 108 Å². The molecule has 100 valence electrons. The minimum atomic E-state index is 0.230. The van der Waals surface area contributed by atoms with Gasteiger partial charge in [0.15, 0.2) is 0 Å². The van der Waals surface area contributed by atoms with Crippen LogP contribution in [0.2, 0.25) is 0 Å². The lowest BCUT2D eigenvalue weighted by molar-refractivity contribution is 0.225. The van der Waals surface area contributed by atoms with Crippen LogP contribution in [0.4, 0.5) is 0 Å². The molecule has 1 aromatic carbocycles. The number of rotatable bonds is 1. The van der Waals surface area contributed by atoms with E-state index in [0.717, 1.165) is 7.11 Å². The molecule has 0 aromatic heterocycles. The third-order valence-electron chi connectivity index (χ3n) is 3.37. The van der Waals surface area contributed by atoms with Crippen LogP contribution in [0.3, 0.4) is 0 Å². The summed E-state index contributed by atoms with van der Waals surface area (Å²) in [5.41, 5.74) is 1.95. The predicted octanol–water partition coefficient (Wildman–Crippen LogP) is 4.65. The summed E-state index contributed by atoms with van der Waals surface area (Å²) in [5.74, 6) is 0. The highest BCUT2D eigenvalue weighted by molar-refractivity contribution is 5.25. The lowest BCUT2D eigenvalue weighted by Gasteiger charge is -2.39. The Kier molecular flexibility index (Phi) is 9.05. The van der Waals surface area contributed by atoms with E-state index in [1.54, 1.807) is 0 Å². The Morgan fingerprint density at radius 2 is 1.12 bits per heavy atom. The molecule has 0 amide bonds. The Hall–Kier alpha value is -0.820. The van der Waals surface area contributed by atoms with Crippen LogP contribution in [0.1, 0.15) is 54.0 Å². The molecular formula is C16H30O. The standard InChI is InChI=1S/C13H20.C2H6.CH4O/c1-12(2,3)13(4,5)11-9-7-6-8-10-11;2*1-2/h6-10H,1-5H3;1-2H3;2H,1H3. The highest BCUT2D eigenvalue weighted by atomic mass is 16.2. The molecule has 0 saturated heterocycles. The summed E-state index contributed by atoms with van der Waals surface area (Å²) in [6.07, 6.45) is 0. The molecule has 1 heteroatoms. The maximum absolute atomic E-state index is 7.00. The van der Waals surface area contributed by atoms with Crippen molar-refractivity contribution in [2.75, 3.05) is 7.11 Å². The van der Waals surface area contributed by atoms with E-state index in [0.29, 0.717) is 5.41 Å². The molecule has 0 heterocycles. The molecule has 0 aliphatic rings. The fourth-order valence-electron chi connectivity index (χ4n) is 1.29. The molecule has 1 aromatic rings. The van der Waals surface area contributed by atoms with Crippen LogP contribution in [0, 0.1) is 5.41 Å². The molecule has 0 bridgehead atoms. The first-order valence-electron chi connectivity index (χ1n) is 6.36. The van der Waals surface area contributed by atoms with Gasteiger partial charge in [-0.3, -0.25) is 0 Å². The van der Waals surface area contributed by atoms with Crippen LogP contribution >= 0.6 is 0 Å². The van der Waals surface area contributed by atoms with Crippen LogP contribution in [0.15, 0.2) is 30.3 Å². The van der Waals surface area contributed by atoms with Gasteiger partial charge in [-0.2, -0.15) is 0 Å². The van der Waals surface area contributed by atoms with Crippen LogP contribution in [0.5, 0.6) is 0 Å². The topological polar surface area (TPSA) is 20.2 Å². The van der Waals surface area contributed by atoms with Crippen molar-refractivity contribution < 1.29 is 5.11 Å². The van der Waals surface area contributed by atoms with E-state index in [1.165, 1.54) is 5.56 Å². The zero-order valence-corrected chi connectivity index (χ0v) is 12.8. The van der Waals surface area contributed by atoms with Crippen molar-refractivity contribution in [1.29, 1.82) is 0 Å². The van der Waals surface area contributed by atoms with Gasteiger partial charge in [-0.25, -0.2) is 0 Å². The highest BCUT2D eigenvalue weighted by Crippen LogP contribution is 2.40. The van der Waals surface area contributed by atoms with Crippen molar-refractivity contribution >= 4 is 0 Å². The third-order valence-corrected chi connectivity index (χ3v) is 3.37. The first-order chi connectivity index (χ1) is 7.86. The maximum atomic E-state index is 7.00. The fraction of sp³-hybridized carbons (Fsp3) is 0.625. The number of aliphatic hydroxyl groups excluding tert-OH is 1. The summed E-state index contributed by atoms with van der Waals surface area (Å²) in [6, 6.07) is 10.7. The minimum Gasteiger partial charge on any atom is -0.400 e. The molecule has 0 radical (unpaired) electrons. The molecule has 0 aliphatic carbocycles. The van der Waals surface area contributed by atoms with Gasteiger partial charge in [-0.05, 0) is 16.4 Å². The minimum absolute atomic E-state index is 0.230. The molecule has 1 nitrogen and oxygen atoms in total. The fourth-order valence-corrected chi connectivity index (χ4v) is 1.29. The van der Waals surface area contributed by atoms with Gasteiger partial charge in [0.25, 0.3) is 0 Å². The summed E-state index contributed by atoms with van der Waals surface area (Å²) in [4.78, 5) is 0. The lowest BCUT2D eigenvalue weighted by Crippen LogP contribution is -2.33. The van der Waals surface area contributed by atoms with Crippen molar-refractivity contribution in [1.82, 2.24) is 0 Å². The van der Waals surface area contributed by atoms with E-state index in [-0.39, 0.29) is 5.41 Å². The normalized spacial score (nSPS) is 10.6. The number of hydrogen-bond acceptors (Lipinski definition) is 1. The summed E-state index contributed by atoms with van der Waals surface area (Å²) >= 11 is 0. The zero-order valence-electron chi connectivity index (χ0n) is 12.8. The van der Waals surface area contributed by atoms with Gasteiger partial charge in [0.1, 0.15) is 0 Å². The number of hydrogen-bond donors (Lipinski definition) is 1. The van der Waals surface area contributed by atoms with E-state index in [2.05, 4.69) is 65.0 Å². The summed E-state index contributed by atoms with van der Waals surface area (Å²) in [6.45, 7) is 15.5. The Balaban J connectivity index is 0. The summed E-state index contributed by atoms with van der Waals surface area (Å²) in [5, 5.41) is 7.00. The third kappa shape index (κ3) is 5.36. The molecule has 1 N–H and O–H groups in total. The SMILES string of the molecule is CC.CC(C)(C)C(C)(C)c1ccccc1.CO. The first-order valence-corrected chi connectivity index (χ1v) is 6.36. The van der Waals surface area contributed by atoms with Gasteiger partial charge in [0.05, 0.1) is 0 Å². The molecule has 1 rings (SSSR count). The monoisotopic (exact) mass is 238 g/mol. The van der Waals surface area contributed by atoms with Crippen LogP contribution < -0.4 is 0 Å². The first kappa shape index (κ1) is 18.5. The molecule has 0 spiro atoms. The zero-order chi connectivity index (χ0) is 14.1. The maximum Gasteiger partial charge on any atom is 0.0319 e. The van der Waals surface area contributed by atoms with Crippen molar-refractivity contribution in [2.24, 2.45) is 5.41 Å². The van der Waals surface area contributed by atoms with E-state index in [1.807, 2.05) is 13.8 Å². The van der Waals surface area contributed by atoms with Gasteiger partial charge >= 0.3 is 0 Å². The van der Waals surface area contributed by atoms with Crippen molar-refractivity contribution in [2.45, 2.75) is 53.9 Å². The van der Waals surface area contributed by atoms with Crippen molar-refractivity contribution in [3.05, 3.63) is 35.9 Å². The molecule has 0 atom stereocenters. The Bertz CT molecular complexity index is 267. The van der Waals surface area contributed by atoms with Crippen molar-refractivity contribution in [3.8, 4) is 0 Å². The smallest absolute Gasteiger partial charge is 0.0319 e. The van der Waals surface area contributed by atoms with Gasteiger partial charge in [0.2, 0.25) is 0 Å². The molecule has 17 heavy (non-hydrogen) atoms. The second-order valence-electron chi connectivity index (χ2n) is 5.24. The molecule has 0 fully saturated rings. The lowest BCUT2D eigenvalue weighted by atomic mass is 9.65. The van der Waals surface area contributed by atoms with Gasteiger partial charge < -0.3 is 5.11 Å². The van der Waals surface area contributed by atoms with E-state index in [4.69, 9.17) is 5.11 Å². The van der Waals surface area contributed by atoms with E-state index < -0.39 is 0 Å². The molecule has 0 saturated carbocycles. The van der Waals surface area contributed by atoms with Gasteiger partial charge in [0, 0.05) is 7.11 Å². The van der Waals surface area contributed by atoms with Gasteiger partial charge in [-0.15, -0.1) is 0 Å². The predicted molar refractivity (Wildman–Crippen MR) is 78.4 cm³/mol.